The van der Waals surface area contributed by atoms with Crippen LogP contribution in [0, 0.1) is 40.9 Å². The quantitative estimate of drug-likeness (QED) is 0.741. The van der Waals surface area contributed by atoms with E-state index in [2.05, 4.69) is 25.7 Å². The van der Waals surface area contributed by atoms with Gasteiger partial charge >= 0.3 is 0 Å². The third-order valence-corrected chi connectivity index (χ3v) is 7.84. The summed E-state index contributed by atoms with van der Waals surface area (Å²) in [6.45, 7) is 5.83. The van der Waals surface area contributed by atoms with Crippen molar-refractivity contribution >= 4 is 0 Å². The molecular formula is C22H34O4. The van der Waals surface area contributed by atoms with Crippen LogP contribution in [0.2, 0.25) is 0 Å². The minimum atomic E-state index is -0.550. The second-order valence-corrected chi connectivity index (χ2v) is 9.22. The zero-order chi connectivity index (χ0) is 18.4. The number of rotatable bonds is 2. The molecule has 146 valence electrons. The summed E-state index contributed by atoms with van der Waals surface area (Å²) in [5.74, 6) is 6.93. The number of hydrogen-bond donors (Lipinski definition) is 2. The zero-order valence-electron chi connectivity index (χ0n) is 16.2. The van der Waals surface area contributed by atoms with Gasteiger partial charge in [-0.3, -0.25) is 0 Å². The summed E-state index contributed by atoms with van der Waals surface area (Å²) in [5, 5.41) is 21.2. The number of hydrogen-bond acceptors (Lipinski definition) is 4. The predicted molar refractivity (Wildman–Crippen MR) is 99.1 cm³/mol. The summed E-state index contributed by atoms with van der Waals surface area (Å²) in [6, 6.07) is 0. The lowest BCUT2D eigenvalue weighted by Gasteiger charge is -2.67. The molecule has 1 saturated heterocycles. The van der Waals surface area contributed by atoms with Crippen LogP contribution in [0.3, 0.4) is 0 Å². The van der Waals surface area contributed by atoms with E-state index in [0.717, 1.165) is 32.1 Å². The third kappa shape index (κ3) is 2.75. The highest BCUT2D eigenvalue weighted by atomic mass is 16.7. The van der Waals surface area contributed by atoms with Crippen LogP contribution in [0.15, 0.2) is 0 Å². The van der Waals surface area contributed by atoms with Crippen LogP contribution in [0.25, 0.3) is 0 Å². The Hall–Kier alpha value is -0.600. The first-order valence-electron chi connectivity index (χ1n) is 10.7. The lowest BCUT2D eigenvalue weighted by molar-refractivity contribution is -0.364. The molecular weight excluding hydrogens is 328 g/mol. The molecule has 4 nitrogen and oxygen atoms in total. The summed E-state index contributed by atoms with van der Waals surface area (Å²) in [6.07, 6.45) is 7.36. The summed E-state index contributed by atoms with van der Waals surface area (Å²) < 4.78 is 12.2. The second kappa shape index (κ2) is 7.09. The molecule has 4 fully saturated rings. The lowest BCUT2D eigenvalue weighted by Crippen LogP contribution is -2.71. The fourth-order valence-corrected chi connectivity index (χ4v) is 6.41. The Labute approximate surface area is 157 Å². The van der Waals surface area contributed by atoms with Gasteiger partial charge in [-0.05, 0) is 43.4 Å². The first-order chi connectivity index (χ1) is 12.5. The smallest absolute Gasteiger partial charge is 0.174 e. The van der Waals surface area contributed by atoms with Crippen LogP contribution in [-0.4, -0.2) is 41.4 Å². The van der Waals surface area contributed by atoms with Crippen molar-refractivity contribution in [3.05, 3.63) is 0 Å². The Morgan fingerprint density at radius 2 is 1.73 bits per heavy atom. The Morgan fingerprint density at radius 1 is 1.04 bits per heavy atom. The van der Waals surface area contributed by atoms with Crippen molar-refractivity contribution in [2.45, 2.75) is 83.2 Å². The minimum Gasteiger partial charge on any atom is -0.392 e. The number of fused-ring (bicyclic) bond motifs is 2. The van der Waals surface area contributed by atoms with E-state index < -0.39 is 18.0 Å². The van der Waals surface area contributed by atoms with Gasteiger partial charge in [0.15, 0.2) is 5.79 Å². The average Bonchev–Trinajstić information content (AvgIpc) is 3.13. The standard InChI is InChI=1S/C22H34O4/c1-15(2)21-11-10-20(24)17(18(21)14-22(21)25-12-13-26-22)8-9-19(23)16-6-4-3-5-7-16/h15-20,23-24H,3-7,10-14H2,1-2H3/t17-,18-,19+,20-,21-/m0/s1. The molecule has 2 N–H and O–H groups in total. The van der Waals surface area contributed by atoms with Gasteiger partial charge in [0.05, 0.1) is 25.2 Å². The van der Waals surface area contributed by atoms with E-state index in [9.17, 15) is 10.2 Å². The fraction of sp³-hybridized carbons (Fsp3) is 0.909. The Balaban J connectivity index is 1.54. The summed E-state index contributed by atoms with van der Waals surface area (Å²) in [7, 11) is 0. The molecule has 1 heterocycles. The molecule has 0 aromatic carbocycles. The van der Waals surface area contributed by atoms with Gasteiger partial charge in [-0.2, -0.15) is 0 Å². The van der Waals surface area contributed by atoms with Crippen molar-refractivity contribution in [3.8, 4) is 11.8 Å². The van der Waals surface area contributed by atoms with Gasteiger partial charge in [0.2, 0.25) is 0 Å². The fourth-order valence-electron chi connectivity index (χ4n) is 6.41. The van der Waals surface area contributed by atoms with E-state index in [1.54, 1.807) is 0 Å². The van der Waals surface area contributed by atoms with Gasteiger partial charge in [0, 0.05) is 11.8 Å². The zero-order valence-corrected chi connectivity index (χ0v) is 16.2. The van der Waals surface area contributed by atoms with Crippen LogP contribution < -0.4 is 0 Å². The van der Waals surface area contributed by atoms with Gasteiger partial charge in [-0.15, -0.1) is 0 Å². The summed E-state index contributed by atoms with van der Waals surface area (Å²) in [4.78, 5) is 0. The van der Waals surface area contributed by atoms with Crippen molar-refractivity contribution in [1.29, 1.82) is 0 Å². The highest BCUT2D eigenvalue weighted by molar-refractivity contribution is 5.23. The second-order valence-electron chi connectivity index (χ2n) is 9.22. The first-order valence-corrected chi connectivity index (χ1v) is 10.7. The van der Waals surface area contributed by atoms with Crippen LogP contribution in [0.4, 0.5) is 0 Å². The van der Waals surface area contributed by atoms with E-state index in [0.29, 0.717) is 25.0 Å². The molecule has 1 spiro atoms. The van der Waals surface area contributed by atoms with Gasteiger partial charge in [-0.1, -0.05) is 45.0 Å². The Bertz CT molecular complexity index is 564. The molecule has 3 saturated carbocycles. The number of aliphatic hydroxyl groups excluding tert-OH is 2. The molecule has 26 heavy (non-hydrogen) atoms. The number of ether oxygens (including phenoxy) is 2. The van der Waals surface area contributed by atoms with E-state index in [1.807, 2.05) is 0 Å². The van der Waals surface area contributed by atoms with Gasteiger partial charge in [0.25, 0.3) is 0 Å². The summed E-state index contributed by atoms with van der Waals surface area (Å²) in [5.41, 5.74) is -0.0577. The molecule has 0 aromatic heterocycles. The topological polar surface area (TPSA) is 58.9 Å². The Kier molecular flexibility index (Phi) is 5.11. The molecule has 4 rings (SSSR count). The highest BCUT2D eigenvalue weighted by Gasteiger charge is 2.73. The minimum absolute atomic E-state index is 0.0577. The molecule has 1 aliphatic heterocycles. The van der Waals surface area contributed by atoms with Crippen LogP contribution in [0.5, 0.6) is 0 Å². The van der Waals surface area contributed by atoms with Crippen LogP contribution in [0.1, 0.15) is 65.2 Å². The maximum Gasteiger partial charge on any atom is 0.174 e. The number of aliphatic hydroxyl groups is 2. The van der Waals surface area contributed by atoms with Crippen molar-refractivity contribution in [2.75, 3.05) is 13.2 Å². The monoisotopic (exact) mass is 362 g/mol. The average molecular weight is 363 g/mol. The molecule has 0 aromatic rings. The van der Waals surface area contributed by atoms with Crippen LogP contribution in [-0.2, 0) is 9.47 Å². The SMILES string of the molecule is CC(C)[C@@]12CC[C@H](O)[C@@H](C#C[C@@H](O)C3CCCCC3)[C@@H]1CC21OCCO1. The predicted octanol–water partition coefficient (Wildman–Crippen LogP) is 3.11. The van der Waals surface area contributed by atoms with E-state index in [1.165, 1.54) is 19.3 Å². The molecule has 4 aliphatic rings. The Morgan fingerprint density at radius 3 is 2.38 bits per heavy atom. The van der Waals surface area contributed by atoms with Crippen molar-refractivity contribution in [2.24, 2.45) is 29.1 Å². The molecule has 3 aliphatic carbocycles. The van der Waals surface area contributed by atoms with E-state index >= 15 is 0 Å². The molecule has 0 amide bonds. The van der Waals surface area contributed by atoms with E-state index in [4.69, 9.17) is 9.47 Å². The summed E-state index contributed by atoms with van der Waals surface area (Å²) >= 11 is 0. The third-order valence-electron chi connectivity index (χ3n) is 7.84. The normalized spacial score (nSPS) is 40.6. The van der Waals surface area contributed by atoms with Gasteiger partial charge in [0.1, 0.15) is 6.10 Å². The maximum atomic E-state index is 10.7. The highest BCUT2D eigenvalue weighted by Crippen LogP contribution is 2.69. The van der Waals surface area contributed by atoms with Crippen molar-refractivity contribution in [3.63, 3.8) is 0 Å². The molecule has 4 heteroatoms. The lowest BCUT2D eigenvalue weighted by atomic mass is 9.42. The first kappa shape index (κ1) is 18.7. The molecule has 0 bridgehead atoms. The van der Waals surface area contributed by atoms with Crippen molar-refractivity contribution < 1.29 is 19.7 Å². The van der Waals surface area contributed by atoms with Gasteiger partial charge in [-0.25, -0.2) is 0 Å². The van der Waals surface area contributed by atoms with Crippen molar-refractivity contribution in [1.82, 2.24) is 0 Å². The molecule has 0 unspecified atom stereocenters. The largest absolute Gasteiger partial charge is 0.392 e. The van der Waals surface area contributed by atoms with Crippen LogP contribution >= 0.6 is 0 Å². The molecule has 5 atom stereocenters. The van der Waals surface area contributed by atoms with E-state index in [-0.39, 0.29) is 17.3 Å². The van der Waals surface area contributed by atoms with Gasteiger partial charge < -0.3 is 19.7 Å². The molecule has 0 radical (unpaired) electrons. The maximum absolute atomic E-state index is 10.7.